The number of hydrogen-bond donors (Lipinski definition) is 0. The molecular formula is C18H20. The fourth-order valence-corrected chi connectivity index (χ4v) is 2.52. The maximum absolute atomic E-state index is 2.21. The molecule has 0 radical (unpaired) electrons. The molecule has 0 spiro atoms. The summed E-state index contributed by atoms with van der Waals surface area (Å²) < 4.78 is 0. The van der Waals surface area contributed by atoms with Crippen molar-refractivity contribution in [3.05, 3.63) is 59.7 Å². The van der Waals surface area contributed by atoms with E-state index in [0.717, 1.165) is 0 Å². The highest BCUT2D eigenvalue weighted by atomic mass is 14.1. The van der Waals surface area contributed by atoms with Crippen LogP contribution in [0.4, 0.5) is 0 Å². The van der Waals surface area contributed by atoms with E-state index in [-0.39, 0.29) is 0 Å². The minimum atomic E-state index is 1.34. The standard InChI is InChI=1S/C16H14.C2H6/c1-11-5-3-7-13-9-10-14-8-4-6-12(2)16(14)15(11)13;1-2/h3-10H,1-2H3;1-2H3. The van der Waals surface area contributed by atoms with Gasteiger partial charge in [0.25, 0.3) is 0 Å². The van der Waals surface area contributed by atoms with Crippen molar-refractivity contribution in [1.29, 1.82) is 0 Å². The quantitative estimate of drug-likeness (QED) is 0.443. The summed E-state index contributed by atoms with van der Waals surface area (Å²) in [7, 11) is 0. The molecule has 3 aromatic carbocycles. The molecule has 0 fully saturated rings. The van der Waals surface area contributed by atoms with Gasteiger partial charge in [-0.15, -0.1) is 0 Å². The number of fused-ring (bicyclic) bond motifs is 3. The number of aryl methyl sites for hydroxylation is 2. The lowest BCUT2D eigenvalue weighted by Gasteiger charge is -2.09. The van der Waals surface area contributed by atoms with E-state index in [0.29, 0.717) is 0 Å². The first-order valence-corrected chi connectivity index (χ1v) is 6.65. The Morgan fingerprint density at radius 2 is 0.944 bits per heavy atom. The van der Waals surface area contributed by atoms with Crippen LogP contribution in [-0.4, -0.2) is 0 Å². The van der Waals surface area contributed by atoms with Crippen molar-refractivity contribution in [2.75, 3.05) is 0 Å². The number of rotatable bonds is 0. The summed E-state index contributed by atoms with van der Waals surface area (Å²) in [5.74, 6) is 0. The number of benzene rings is 3. The molecule has 0 nitrogen and oxygen atoms in total. The zero-order chi connectivity index (χ0) is 13.1. The van der Waals surface area contributed by atoms with Gasteiger partial charge in [-0.3, -0.25) is 0 Å². The first kappa shape index (κ1) is 12.6. The summed E-state index contributed by atoms with van der Waals surface area (Å²) in [6, 6.07) is 17.4. The fourth-order valence-electron chi connectivity index (χ4n) is 2.52. The second-order valence-corrected chi connectivity index (χ2v) is 4.41. The summed E-state index contributed by atoms with van der Waals surface area (Å²) >= 11 is 0. The zero-order valence-corrected chi connectivity index (χ0v) is 11.6. The lowest BCUT2D eigenvalue weighted by molar-refractivity contribution is 1.50. The van der Waals surface area contributed by atoms with Gasteiger partial charge in [0.1, 0.15) is 0 Å². The molecular weight excluding hydrogens is 216 g/mol. The molecule has 0 aliphatic rings. The Morgan fingerprint density at radius 3 is 1.33 bits per heavy atom. The first-order valence-electron chi connectivity index (χ1n) is 6.65. The van der Waals surface area contributed by atoms with E-state index in [4.69, 9.17) is 0 Å². The second kappa shape index (κ2) is 5.22. The van der Waals surface area contributed by atoms with Crippen molar-refractivity contribution in [2.45, 2.75) is 27.7 Å². The monoisotopic (exact) mass is 236 g/mol. The summed E-state index contributed by atoms with van der Waals surface area (Å²) in [6.07, 6.45) is 0. The van der Waals surface area contributed by atoms with Crippen LogP contribution in [0.15, 0.2) is 48.5 Å². The van der Waals surface area contributed by atoms with Crippen LogP contribution >= 0.6 is 0 Å². The molecule has 0 saturated heterocycles. The topological polar surface area (TPSA) is 0 Å². The summed E-state index contributed by atoms with van der Waals surface area (Å²) in [5.41, 5.74) is 2.72. The van der Waals surface area contributed by atoms with Crippen molar-refractivity contribution in [3.8, 4) is 0 Å². The SMILES string of the molecule is CC.Cc1cccc2ccc3cccc(C)c3c12. The molecule has 0 heteroatoms. The molecule has 0 atom stereocenters. The summed E-state index contributed by atoms with van der Waals surface area (Å²) in [4.78, 5) is 0. The van der Waals surface area contributed by atoms with E-state index >= 15 is 0 Å². The van der Waals surface area contributed by atoms with Gasteiger partial charge in [-0.05, 0) is 46.5 Å². The average molecular weight is 236 g/mol. The zero-order valence-electron chi connectivity index (χ0n) is 11.6. The van der Waals surface area contributed by atoms with Crippen molar-refractivity contribution < 1.29 is 0 Å². The Bertz CT molecular complexity index is 617. The molecule has 0 heterocycles. The molecule has 0 bridgehead atoms. The molecule has 0 saturated carbocycles. The van der Waals surface area contributed by atoms with E-state index in [1.807, 2.05) is 13.8 Å². The molecule has 0 aliphatic heterocycles. The van der Waals surface area contributed by atoms with E-state index in [1.54, 1.807) is 0 Å². The molecule has 92 valence electrons. The van der Waals surface area contributed by atoms with Gasteiger partial charge in [0.2, 0.25) is 0 Å². The predicted molar refractivity (Wildman–Crippen MR) is 82.3 cm³/mol. The highest BCUT2D eigenvalue weighted by Gasteiger charge is 2.04. The molecule has 0 aromatic heterocycles. The van der Waals surface area contributed by atoms with E-state index in [9.17, 15) is 0 Å². The lowest BCUT2D eigenvalue weighted by Crippen LogP contribution is -1.84. The van der Waals surface area contributed by atoms with E-state index < -0.39 is 0 Å². The van der Waals surface area contributed by atoms with Gasteiger partial charge in [0.15, 0.2) is 0 Å². The van der Waals surface area contributed by atoms with Gasteiger partial charge >= 0.3 is 0 Å². The van der Waals surface area contributed by atoms with Crippen molar-refractivity contribution in [2.24, 2.45) is 0 Å². The third-order valence-electron chi connectivity index (χ3n) is 3.30. The van der Waals surface area contributed by atoms with Gasteiger partial charge in [0.05, 0.1) is 0 Å². The smallest absolute Gasteiger partial charge is 0.00735 e. The largest absolute Gasteiger partial charge is 0.0683 e. The molecule has 0 unspecified atom stereocenters. The van der Waals surface area contributed by atoms with Crippen LogP contribution in [0.5, 0.6) is 0 Å². The summed E-state index contributed by atoms with van der Waals surface area (Å²) in [6.45, 7) is 8.38. The van der Waals surface area contributed by atoms with Crippen LogP contribution in [0.2, 0.25) is 0 Å². The van der Waals surface area contributed by atoms with Crippen LogP contribution in [0.25, 0.3) is 21.5 Å². The third-order valence-corrected chi connectivity index (χ3v) is 3.30. The van der Waals surface area contributed by atoms with Gasteiger partial charge in [-0.25, -0.2) is 0 Å². The maximum atomic E-state index is 2.21. The molecule has 3 aromatic rings. The Balaban J connectivity index is 0.000000574. The van der Waals surface area contributed by atoms with Crippen molar-refractivity contribution >= 4 is 21.5 Å². The van der Waals surface area contributed by atoms with Crippen LogP contribution in [0.1, 0.15) is 25.0 Å². The lowest BCUT2D eigenvalue weighted by atomic mass is 9.95. The Hall–Kier alpha value is -1.82. The maximum Gasteiger partial charge on any atom is -0.00735 e. The number of hydrogen-bond acceptors (Lipinski definition) is 0. The molecule has 0 aliphatic carbocycles. The third kappa shape index (κ3) is 1.99. The fraction of sp³-hybridized carbons (Fsp3) is 0.222. The van der Waals surface area contributed by atoms with Crippen molar-refractivity contribution in [3.63, 3.8) is 0 Å². The molecule has 3 rings (SSSR count). The van der Waals surface area contributed by atoms with Crippen LogP contribution < -0.4 is 0 Å². The van der Waals surface area contributed by atoms with E-state index in [1.165, 1.54) is 32.7 Å². The minimum absolute atomic E-state index is 1.34. The highest BCUT2D eigenvalue weighted by Crippen LogP contribution is 2.30. The van der Waals surface area contributed by atoms with Crippen LogP contribution in [-0.2, 0) is 0 Å². The molecule has 0 amide bonds. The first-order chi connectivity index (χ1) is 8.77. The van der Waals surface area contributed by atoms with Crippen LogP contribution in [0.3, 0.4) is 0 Å². The second-order valence-electron chi connectivity index (χ2n) is 4.41. The molecule has 18 heavy (non-hydrogen) atoms. The summed E-state index contributed by atoms with van der Waals surface area (Å²) in [5, 5.41) is 5.47. The van der Waals surface area contributed by atoms with Crippen molar-refractivity contribution in [1.82, 2.24) is 0 Å². The highest BCUT2D eigenvalue weighted by molar-refractivity contribution is 6.10. The van der Waals surface area contributed by atoms with Gasteiger partial charge in [0, 0.05) is 0 Å². The van der Waals surface area contributed by atoms with Crippen LogP contribution in [0, 0.1) is 13.8 Å². The normalized spacial score (nSPS) is 10.2. The predicted octanol–water partition coefficient (Wildman–Crippen LogP) is 5.64. The van der Waals surface area contributed by atoms with E-state index in [2.05, 4.69) is 62.4 Å². The van der Waals surface area contributed by atoms with Gasteiger partial charge in [-0.2, -0.15) is 0 Å². The average Bonchev–Trinajstić information content (AvgIpc) is 2.41. The Labute approximate surface area is 109 Å². The van der Waals surface area contributed by atoms with Gasteiger partial charge < -0.3 is 0 Å². The van der Waals surface area contributed by atoms with Gasteiger partial charge in [-0.1, -0.05) is 62.4 Å². The Kier molecular flexibility index (Phi) is 3.66. The molecule has 0 N–H and O–H groups in total. The Morgan fingerprint density at radius 1 is 0.556 bits per heavy atom. The minimum Gasteiger partial charge on any atom is -0.0683 e.